The van der Waals surface area contributed by atoms with Crippen molar-refractivity contribution in [3.8, 4) is 0 Å². The third kappa shape index (κ3) is 2.54. The van der Waals surface area contributed by atoms with Gasteiger partial charge in [0.25, 0.3) is 0 Å². The van der Waals surface area contributed by atoms with E-state index in [1.54, 1.807) is 14.2 Å². The number of methoxy groups -OCH3 is 3. The maximum Gasteiger partial charge on any atom is 0.309 e. The zero-order chi connectivity index (χ0) is 13.1. The molecule has 98 valence electrons. The Bertz CT molecular complexity index is 408. The minimum absolute atomic E-state index is 0.0292. The average Bonchev–Trinajstić information content (AvgIpc) is 3.20. The van der Waals surface area contributed by atoms with Gasteiger partial charge in [-0.25, -0.2) is 0 Å². The second-order valence-electron chi connectivity index (χ2n) is 4.44. The molecule has 1 fully saturated rings. The molecule has 4 heteroatoms. The normalized spacial score (nSPS) is 22.0. The van der Waals surface area contributed by atoms with Crippen LogP contribution in [0.4, 0.5) is 0 Å². The molecule has 0 aliphatic heterocycles. The van der Waals surface area contributed by atoms with Crippen LogP contribution in [-0.2, 0) is 19.0 Å². The SMILES string of the molecule is COC(=O)[C@H]1C[C@@H]1c1ccc(C(OC)OC)cc1. The molecule has 18 heavy (non-hydrogen) atoms. The fourth-order valence-electron chi connectivity index (χ4n) is 2.24. The highest BCUT2D eigenvalue weighted by Crippen LogP contribution is 2.48. The lowest BCUT2D eigenvalue weighted by molar-refractivity contribution is -0.142. The van der Waals surface area contributed by atoms with Crippen molar-refractivity contribution in [2.75, 3.05) is 21.3 Å². The van der Waals surface area contributed by atoms with Gasteiger partial charge in [0.2, 0.25) is 0 Å². The van der Waals surface area contributed by atoms with Crippen LogP contribution in [0.1, 0.15) is 29.8 Å². The summed E-state index contributed by atoms with van der Waals surface area (Å²) in [6.45, 7) is 0. The number of hydrogen-bond donors (Lipinski definition) is 0. The molecule has 0 saturated heterocycles. The maximum atomic E-state index is 11.4. The molecule has 1 saturated carbocycles. The van der Waals surface area contributed by atoms with Gasteiger partial charge in [0.1, 0.15) is 0 Å². The largest absolute Gasteiger partial charge is 0.469 e. The van der Waals surface area contributed by atoms with E-state index >= 15 is 0 Å². The van der Waals surface area contributed by atoms with E-state index in [2.05, 4.69) is 0 Å². The number of carbonyl (C=O) groups excluding carboxylic acids is 1. The summed E-state index contributed by atoms with van der Waals surface area (Å²) in [6.07, 6.45) is 0.541. The summed E-state index contributed by atoms with van der Waals surface area (Å²) >= 11 is 0. The molecule has 0 aromatic heterocycles. The van der Waals surface area contributed by atoms with Gasteiger partial charge in [0.05, 0.1) is 13.0 Å². The molecule has 0 spiro atoms. The standard InChI is InChI=1S/C14H18O4/c1-16-13(15)12-8-11(12)9-4-6-10(7-5-9)14(17-2)18-3/h4-7,11-12,14H,8H2,1-3H3/t11-,12+/m1/s1. The van der Waals surface area contributed by atoms with Crippen LogP contribution in [0.2, 0.25) is 0 Å². The van der Waals surface area contributed by atoms with Gasteiger partial charge in [0.15, 0.2) is 6.29 Å². The van der Waals surface area contributed by atoms with Crippen molar-refractivity contribution in [1.29, 1.82) is 0 Å². The number of rotatable bonds is 5. The summed E-state index contributed by atoms with van der Waals surface area (Å²) in [4.78, 5) is 11.4. The van der Waals surface area contributed by atoms with E-state index in [1.165, 1.54) is 12.7 Å². The van der Waals surface area contributed by atoms with Crippen LogP contribution in [0, 0.1) is 5.92 Å². The van der Waals surface area contributed by atoms with E-state index in [1.807, 2.05) is 24.3 Å². The van der Waals surface area contributed by atoms with E-state index in [0.717, 1.165) is 12.0 Å². The van der Waals surface area contributed by atoms with Gasteiger partial charge in [-0.2, -0.15) is 0 Å². The van der Waals surface area contributed by atoms with Gasteiger partial charge in [-0.15, -0.1) is 0 Å². The smallest absolute Gasteiger partial charge is 0.309 e. The Morgan fingerprint density at radius 1 is 1.17 bits per heavy atom. The predicted molar refractivity (Wildman–Crippen MR) is 66.1 cm³/mol. The Morgan fingerprint density at radius 3 is 2.28 bits per heavy atom. The molecular formula is C14H18O4. The van der Waals surface area contributed by atoms with Crippen molar-refractivity contribution in [3.63, 3.8) is 0 Å². The van der Waals surface area contributed by atoms with Crippen molar-refractivity contribution in [1.82, 2.24) is 0 Å². The molecule has 1 aliphatic rings. The summed E-state index contributed by atoms with van der Waals surface area (Å²) in [7, 11) is 4.65. The van der Waals surface area contributed by atoms with Crippen LogP contribution in [0.3, 0.4) is 0 Å². The molecule has 1 aliphatic carbocycles. The molecular weight excluding hydrogens is 232 g/mol. The average molecular weight is 250 g/mol. The molecule has 4 nitrogen and oxygen atoms in total. The number of benzene rings is 1. The quantitative estimate of drug-likeness (QED) is 0.594. The summed E-state index contributed by atoms with van der Waals surface area (Å²) in [6, 6.07) is 7.99. The van der Waals surface area contributed by atoms with E-state index < -0.39 is 0 Å². The third-order valence-corrected chi connectivity index (χ3v) is 3.36. The van der Waals surface area contributed by atoms with Gasteiger partial charge < -0.3 is 14.2 Å². The molecule has 0 bridgehead atoms. The lowest BCUT2D eigenvalue weighted by Gasteiger charge is -2.13. The first-order valence-electron chi connectivity index (χ1n) is 5.94. The lowest BCUT2D eigenvalue weighted by Crippen LogP contribution is -2.05. The molecule has 1 aromatic rings. The first-order valence-corrected chi connectivity index (χ1v) is 5.94. The van der Waals surface area contributed by atoms with E-state index in [-0.39, 0.29) is 18.2 Å². The number of carbonyl (C=O) groups is 1. The van der Waals surface area contributed by atoms with Crippen molar-refractivity contribution < 1.29 is 19.0 Å². The van der Waals surface area contributed by atoms with Gasteiger partial charge in [-0.05, 0) is 17.9 Å². The van der Waals surface area contributed by atoms with Crippen LogP contribution >= 0.6 is 0 Å². The van der Waals surface area contributed by atoms with E-state index in [0.29, 0.717) is 5.92 Å². The first kappa shape index (κ1) is 13.1. The molecule has 0 unspecified atom stereocenters. The second-order valence-corrected chi connectivity index (χ2v) is 4.44. The van der Waals surface area contributed by atoms with Crippen LogP contribution in [0.5, 0.6) is 0 Å². The number of hydrogen-bond acceptors (Lipinski definition) is 4. The zero-order valence-corrected chi connectivity index (χ0v) is 10.9. The van der Waals surface area contributed by atoms with Gasteiger partial charge in [-0.3, -0.25) is 4.79 Å². The Labute approximate surface area is 107 Å². The number of esters is 1. The van der Waals surface area contributed by atoms with Gasteiger partial charge in [-0.1, -0.05) is 24.3 Å². The zero-order valence-electron chi connectivity index (χ0n) is 10.9. The summed E-state index contributed by atoms with van der Waals surface area (Å²) < 4.78 is 15.1. The Kier molecular flexibility index (Phi) is 3.99. The minimum atomic E-state index is -0.338. The van der Waals surface area contributed by atoms with Crippen molar-refractivity contribution in [2.24, 2.45) is 5.92 Å². The Hall–Kier alpha value is -1.39. The summed E-state index contributed by atoms with van der Waals surface area (Å²) in [5.41, 5.74) is 2.14. The van der Waals surface area contributed by atoms with E-state index in [9.17, 15) is 4.79 Å². The highest BCUT2D eigenvalue weighted by atomic mass is 16.7. The lowest BCUT2D eigenvalue weighted by atomic mass is 10.1. The summed E-state index contributed by atoms with van der Waals surface area (Å²) in [5, 5.41) is 0. The monoisotopic (exact) mass is 250 g/mol. The van der Waals surface area contributed by atoms with Gasteiger partial charge >= 0.3 is 5.97 Å². The molecule has 0 radical (unpaired) electrons. The van der Waals surface area contributed by atoms with E-state index in [4.69, 9.17) is 14.2 Å². The molecule has 2 atom stereocenters. The van der Waals surface area contributed by atoms with Crippen LogP contribution in [0.25, 0.3) is 0 Å². The minimum Gasteiger partial charge on any atom is -0.469 e. The van der Waals surface area contributed by atoms with Crippen molar-refractivity contribution in [3.05, 3.63) is 35.4 Å². The third-order valence-electron chi connectivity index (χ3n) is 3.36. The molecule has 1 aromatic carbocycles. The van der Waals surface area contributed by atoms with Gasteiger partial charge in [0, 0.05) is 19.8 Å². The van der Waals surface area contributed by atoms with Crippen molar-refractivity contribution in [2.45, 2.75) is 18.6 Å². The Morgan fingerprint density at radius 2 is 1.78 bits per heavy atom. The molecule has 0 heterocycles. The number of ether oxygens (including phenoxy) is 3. The fraction of sp³-hybridized carbons (Fsp3) is 0.500. The summed E-state index contributed by atoms with van der Waals surface area (Å²) in [5.74, 6) is 0.215. The highest BCUT2D eigenvalue weighted by molar-refractivity contribution is 5.77. The predicted octanol–water partition coefficient (Wildman–Crippen LogP) is 2.25. The molecule has 0 amide bonds. The van der Waals surface area contributed by atoms with Crippen molar-refractivity contribution >= 4 is 5.97 Å². The molecule has 2 rings (SSSR count). The topological polar surface area (TPSA) is 44.8 Å². The van der Waals surface area contributed by atoms with Crippen LogP contribution in [0.15, 0.2) is 24.3 Å². The molecule has 0 N–H and O–H groups in total. The Balaban J connectivity index is 2.03. The second kappa shape index (κ2) is 5.50. The first-order chi connectivity index (χ1) is 8.71. The van der Waals surface area contributed by atoms with Crippen LogP contribution in [-0.4, -0.2) is 27.3 Å². The fourth-order valence-corrected chi connectivity index (χ4v) is 2.24. The highest BCUT2D eigenvalue weighted by Gasteiger charge is 2.44. The maximum absolute atomic E-state index is 11.4. The van der Waals surface area contributed by atoms with Crippen LogP contribution < -0.4 is 0 Å².